The fourth-order valence-corrected chi connectivity index (χ4v) is 5.29. The topological polar surface area (TPSA) is 204 Å². The summed E-state index contributed by atoms with van der Waals surface area (Å²) in [4.78, 5) is 72.8. The molecule has 0 saturated carbocycles. The van der Waals surface area contributed by atoms with Gasteiger partial charge in [-0.05, 0) is 5.56 Å². The van der Waals surface area contributed by atoms with Gasteiger partial charge in [0.25, 0.3) is 0 Å². The monoisotopic (exact) mass is 698 g/mol. The fraction of sp³-hybridized carbons (Fsp3) is 0.625. The summed E-state index contributed by atoms with van der Waals surface area (Å²) in [5, 5.41) is 0. The van der Waals surface area contributed by atoms with E-state index in [1.165, 1.54) is 14.0 Å². The van der Waals surface area contributed by atoms with Gasteiger partial charge in [0.15, 0.2) is 37.0 Å². The number of benzene rings is 1. The maximum absolute atomic E-state index is 12.4. The standard InChI is InChI=1S/C32H42O17/c1-16(33)40-14-23-25(43-18(3)35)27(29(31(39-7)47-23)42-13-22-11-9-8-10-12-22)49-32-30(46-21(6)38)28(45-20(5)37)26(44-19(4)36)24(48-32)15-41-17(2)34/h8-12,23-32H,13-15H2,1-7H3/t23-,24-,25+,26+,27+,28+,29-,30-,31-,32+/m1/s1. The molecule has 49 heavy (non-hydrogen) atoms. The minimum Gasteiger partial charge on any atom is -0.463 e. The Kier molecular flexibility index (Phi) is 14.9. The SMILES string of the molecule is CO[C@@H]1O[C@H](COC(C)=O)[C@H](OC(C)=O)[C@H](O[C@@H]2O[C@H](COC(C)=O)[C@H](OC(C)=O)[C@H](OC(C)=O)[C@H]2OC(C)=O)[C@H]1OCc1ccccc1. The molecule has 0 aliphatic carbocycles. The normalized spacial score (nSPS) is 29.5. The predicted molar refractivity (Wildman–Crippen MR) is 160 cm³/mol. The molecule has 2 saturated heterocycles. The van der Waals surface area contributed by atoms with E-state index in [1.54, 1.807) is 24.3 Å². The van der Waals surface area contributed by atoms with Crippen LogP contribution in [0.5, 0.6) is 0 Å². The number of rotatable bonds is 14. The lowest BCUT2D eigenvalue weighted by atomic mass is 9.96. The highest BCUT2D eigenvalue weighted by atomic mass is 16.8. The third-order valence-electron chi connectivity index (χ3n) is 7.10. The summed E-state index contributed by atoms with van der Waals surface area (Å²) < 4.78 is 62.9. The maximum atomic E-state index is 12.4. The van der Waals surface area contributed by atoms with Gasteiger partial charge in [0.1, 0.15) is 37.6 Å². The molecule has 0 spiro atoms. The van der Waals surface area contributed by atoms with Gasteiger partial charge < -0.3 is 52.1 Å². The number of hydrogen-bond acceptors (Lipinski definition) is 17. The predicted octanol–water partition coefficient (Wildman–Crippen LogP) is 0.906. The molecule has 0 bridgehead atoms. The van der Waals surface area contributed by atoms with Gasteiger partial charge in [0.2, 0.25) is 0 Å². The zero-order valence-corrected chi connectivity index (χ0v) is 28.2. The molecule has 10 atom stereocenters. The van der Waals surface area contributed by atoms with Crippen LogP contribution in [-0.4, -0.2) is 118 Å². The summed E-state index contributed by atoms with van der Waals surface area (Å²) in [6.45, 7) is 5.77. The van der Waals surface area contributed by atoms with Crippen LogP contribution in [0.15, 0.2) is 30.3 Å². The van der Waals surface area contributed by atoms with Crippen molar-refractivity contribution < 1.29 is 80.9 Å². The van der Waals surface area contributed by atoms with Crippen molar-refractivity contribution in [1.29, 1.82) is 0 Å². The Hall–Kier alpha value is -4.16. The van der Waals surface area contributed by atoms with Crippen molar-refractivity contribution in [3.63, 3.8) is 0 Å². The van der Waals surface area contributed by atoms with E-state index in [0.717, 1.165) is 40.2 Å². The van der Waals surface area contributed by atoms with Gasteiger partial charge in [0, 0.05) is 48.7 Å². The van der Waals surface area contributed by atoms with Crippen LogP contribution in [0.25, 0.3) is 0 Å². The van der Waals surface area contributed by atoms with Gasteiger partial charge in [-0.15, -0.1) is 0 Å². The molecule has 3 rings (SSSR count). The van der Waals surface area contributed by atoms with Crippen molar-refractivity contribution in [3.8, 4) is 0 Å². The summed E-state index contributed by atoms with van der Waals surface area (Å²) in [6.07, 6.45) is -14.0. The number of carbonyl (C=O) groups excluding carboxylic acids is 6. The Morgan fingerprint density at radius 2 is 1.00 bits per heavy atom. The Labute approximate surface area is 282 Å². The van der Waals surface area contributed by atoms with E-state index >= 15 is 0 Å². The third kappa shape index (κ3) is 11.7. The smallest absolute Gasteiger partial charge is 0.303 e. The summed E-state index contributed by atoms with van der Waals surface area (Å²) in [5.74, 6) is -4.65. The second kappa shape index (κ2) is 18.6. The summed E-state index contributed by atoms with van der Waals surface area (Å²) in [7, 11) is 1.32. The molecule has 2 heterocycles. The highest BCUT2D eigenvalue weighted by Crippen LogP contribution is 2.35. The van der Waals surface area contributed by atoms with Gasteiger partial charge in [-0.25, -0.2) is 0 Å². The molecular formula is C32H42O17. The quantitative estimate of drug-likeness (QED) is 0.196. The minimum atomic E-state index is -1.68. The molecule has 17 heteroatoms. The van der Waals surface area contributed by atoms with Crippen LogP contribution in [-0.2, 0) is 87.5 Å². The van der Waals surface area contributed by atoms with Crippen molar-refractivity contribution in [2.24, 2.45) is 0 Å². The first-order chi connectivity index (χ1) is 23.2. The molecule has 17 nitrogen and oxygen atoms in total. The molecule has 272 valence electrons. The molecule has 2 aliphatic heterocycles. The molecule has 2 aliphatic rings. The lowest BCUT2D eigenvalue weighted by Gasteiger charge is -2.49. The Morgan fingerprint density at radius 1 is 0.551 bits per heavy atom. The number of esters is 6. The second-order valence-corrected chi connectivity index (χ2v) is 11.1. The van der Waals surface area contributed by atoms with Gasteiger partial charge >= 0.3 is 35.8 Å². The average molecular weight is 699 g/mol. The fourth-order valence-electron chi connectivity index (χ4n) is 5.29. The van der Waals surface area contributed by atoms with E-state index in [0.29, 0.717) is 0 Å². The number of methoxy groups -OCH3 is 1. The molecule has 1 aromatic carbocycles. The summed E-state index contributed by atoms with van der Waals surface area (Å²) in [5.41, 5.74) is 0.745. The average Bonchev–Trinajstić information content (AvgIpc) is 3.01. The Bertz CT molecular complexity index is 1300. The van der Waals surface area contributed by atoms with Crippen LogP contribution < -0.4 is 0 Å². The molecule has 0 N–H and O–H groups in total. The second-order valence-electron chi connectivity index (χ2n) is 11.1. The zero-order valence-electron chi connectivity index (χ0n) is 28.2. The number of ether oxygens (including phenoxy) is 11. The first-order valence-electron chi connectivity index (χ1n) is 15.3. The van der Waals surface area contributed by atoms with Crippen molar-refractivity contribution in [2.45, 2.75) is 110 Å². The van der Waals surface area contributed by atoms with Crippen molar-refractivity contribution in [1.82, 2.24) is 0 Å². The van der Waals surface area contributed by atoms with E-state index in [9.17, 15) is 28.8 Å². The van der Waals surface area contributed by atoms with Crippen LogP contribution >= 0.6 is 0 Å². The lowest BCUT2D eigenvalue weighted by molar-refractivity contribution is -0.364. The van der Waals surface area contributed by atoms with E-state index in [2.05, 4.69) is 0 Å². The first kappa shape index (κ1) is 39.3. The van der Waals surface area contributed by atoms with Crippen LogP contribution in [0.1, 0.15) is 47.1 Å². The van der Waals surface area contributed by atoms with E-state index < -0.39 is 110 Å². The van der Waals surface area contributed by atoms with E-state index in [1.807, 2.05) is 6.07 Å². The zero-order chi connectivity index (χ0) is 36.2. The molecule has 0 unspecified atom stereocenters. The molecule has 1 aromatic rings. The van der Waals surface area contributed by atoms with Crippen molar-refractivity contribution in [3.05, 3.63) is 35.9 Å². The van der Waals surface area contributed by atoms with E-state index in [4.69, 9.17) is 52.1 Å². The van der Waals surface area contributed by atoms with Crippen LogP contribution in [0.2, 0.25) is 0 Å². The van der Waals surface area contributed by atoms with Crippen LogP contribution in [0, 0.1) is 0 Å². The van der Waals surface area contributed by atoms with E-state index in [-0.39, 0.29) is 6.61 Å². The molecule has 2 fully saturated rings. The highest BCUT2D eigenvalue weighted by Gasteiger charge is 2.57. The molecule has 0 radical (unpaired) electrons. The molecular weight excluding hydrogens is 656 g/mol. The van der Waals surface area contributed by atoms with Crippen molar-refractivity contribution >= 4 is 35.8 Å². The minimum absolute atomic E-state index is 0.00539. The van der Waals surface area contributed by atoms with Gasteiger partial charge in [-0.1, -0.05) is 30.3 Å². The van der Waals surface area contributed by atoms with Gasteiger partial charge in [-0.2, -0.15) is 0 Å². The Morgan fingerprint density at radius 3 is 1.47 bits per heavy atom. The van der Waals surface area contributed by atoms with Gasteiger partial charge in [0.05, 0.1) is 6.61 Å². The number of hydrogen-bond donors (Lipinski definition) is 0. The third-order valence-corrected chi connectivity index (χ3v) is 7.10. The molecule has 0 amide bonds. The maximum Gasteiger partial charge on any atom is 0.303 e. The Balaban J connectivity index is 2.14. The lowest BCUT2D eigenvalue weighted by Crippen LogP contribution is -2.67. The molecule has 0 aromatic heterocycles. The van der Waals surface area contributed by atoms with Crippen LogP contribution in [0.3, 0.4) is 0 Å². The summed E-state index contributed by atoms with van der Waals surface area (Å²) >= 11 is 0. The largest absolute Gasteiger partial charge is 0.463 e. The highest BCUT2D eigenvalue weighted by molar-refractivity contribution is 5.69. The van der Waals surface area contributed by atoms with Crippen molar-refractivity contribution in [2.75, 3.05) is 20.3 Å². The number of carbonyl (C=O) groups is 6. The first-order valence-corrected chi connectivity index (χ1v) is 15.3. The summed E-state index contributed by atoms with van der Waals surface area (Å²) in [6, 6.07) is 9.01. The van der Waals surface area contributed by atoms with Gasteiger partial charge in [-0.3, -0.25) is 28.8 Å². The van der Waals surface area contributed by atoms with Crippen LogP contribution in [0.4, 0.5) is 0 Å².